The Morgan fingerprint density at radius 1 is 0.720 bits per heavy atom. The Hall–Kier alpha value is -4.44. The molecule has 0 aromatic rings. The van der Waals surface area contributed by atoms with Crippen LogP contribution in [0.4, 0.5) is 0 Å². The van der Waals surface area contributed by atoms with Crippen molar-refractivity contribution in [3.05, 3.63) is 0 Å². The van der Waals surface area contributed by atoms with Crippen molar-refractivity contribution in [1.29, 1.82) is 0 Å². The minimum absolute atomic E-state index is 0.0328. The van der Waals surface area contributed by atoms with Crippen molar-refractivity contribution >= 4 is 47.4 Å². The summed E-state index contributed by atoms with van der Waals surface area (Å²) in [7, 11) is 0. The molecule has 9 atom stereocenters. The van der Waals surface area contributed by atoms with Crippen molar-refractivity contribution in [3.8, 4) is 0 Å². The fourth-order valence-corrected chi connectivity index (χ4v) is 4.86. The second kappa shape index (κ2) is 20.3. The predicted molar refractivity (Wildman–Crippen MR) is 169 cm³/mol. The van der Waals surface area contributed by atoms with Gasteiger partial charge in [0, 0.05) is 13.0 Å². The molecule has 21 nitrogen and oxygen atoms in total. The zero-order valence-electron chi connectivity index (χ0n) is 28.2. The maximum atomic E-state index is 13.5. The number of hydrogen-bond donors (Lipinski definition) is 12. The molecule has 0 radical (unpaired) electrons. The molecular formula is C29H49N7O14. The van der Waals surface area contributed by atoms with E-state index in [-0.39, 0.29) is 19.4 Å². The average Bonchev–Trinajstić information content (AvgIpc) is 3.54. The van der Waals surface area contributed by atoms with E-state index in [2.05, 4.69) is 26.6 Å². The van der Waals surface area contributed by atoms with Gasteiger partial charge in [0.25, 0.3) is 0 Å². The number of rotatable bonds is 20. The van der Waals surface area contributed by atoms with Gasteiger partial charge in [-0.3, -0.25) is 33.6 Å². The molecule has 1 heterocycles. The fraction of sp³-hybridized carbons (Fsp3) is 0.724. The quantitative estimate of drug-likeness (QED) is 0.0557. The van der Waals surface area contributed by atoms with Crippen LogP contribution in [0.2, 0.25) is 0 Å². The van der Waals surface area contributed by atoms with Crippen LogP contribution < -0.4 is 32.3 Å². The number of carbonyl (C=O) groups excluding carboxylic acids is 6. The largest absolute Gasteiger partial charge is 0.481 e. The van der Waals surface area contributed by atoms with Crippen molar-refractivity contribution in [2.45, 2.75) is 108 Å². The summed E-state index contributed by atoms with van der Waals surface area (Å²) in [5.74, 6) is -9.38. The highest BCUT2D eigenvalue weighted by atomic mass is 16.4. The van der Waals surface area contributed by atoms with Crippen molar-refractivity contribution < 1.29 is 69.0 Å². The maximum Gasteiger partial charge on any atom is 0.326 e. The van der Waals surface area contributed by atoms with Crippen molar-refractivity contribution in [2.24, 2.45) is 11.7 Å². The number of nitrogens with two attached hydrogens (primary N) is 1. The van der Waals surface area contributed by atoms with E-state index in [9.17, 15) is 63.9 Å². The standard InChI is InChI=1S/C29H49N7O14/c1-12(2)21(29(49)50)34-27(47)22(14(4)40)35-25(45)18-6-5-9-36(18)28(48)17(11-38)33-23(43)15(7-8-19(41)42)31-24(44)16(10-37)32-26(46)20(30)13(3)39/h12-18,20-22,37-40H,5-11,30H2,1-4H3,(H,31,44)(H,32,46)(H,33,43)(H,34,47)(H,35,45)(H,41,42)(H,49,50)/t13-,14-,15+,16+,17+,18+,20+,21+,22+/m1/s1. The van der Waals surface area contributed by atoms with Crippen LogP contribution in [0.25, 0.3) is 0 Å². The molecule has 0 spiro atoms. The van der Waals surface area contributed by atoms with Crippen LogP contribution in [0, 0.1) is 5.92 Å². The van der Waals surface area contributed by atoms with E-state index in [1.54, 1.807) is 13.8 Å². The molecule has 0 bridgehead atoms. The first kappa shape index (κ1) is 43.6. The predicted octanol–water partition coefficient (Wildman–Crippen LogP) is -5.92. The normalized spacial score (nSPS) is 19.1. The summed E-state index contributed by atoms with van der Waals surface area (Å²) in [5.41, 5.74) is 5.52. The number of hydrogen-bond acceptors (Lipinski definition) is 13. The number of nitrogens with one attached hydrogen (secondary N) is 5. The molecule has 1 saturated heterocycles. The molecular weight excluding hydrogens is 670 g/mol. The summed E-state index contributed by atoms with van der Waals surface area (Å²) in [6.45, 7) is 3.45. The van der Waals surface area contributed by atoms with E-state index in [1.165, 1.54) is 13.8 Å². The lowest BCUT2D eigenvalue weighted by atomic mass is 10.0. The first-order valence-corrected chi connectivity index (χ1v) is 15.9. The lowest BCUT2D eigenvalue weighted by Gasteiger charge is -2.31. The molecule has 50 heavy (non-hydrogen) atoms. The molecule has 1 fully saturated rings. The summed E-state index contributed by atoms with van der Waals surface area (Å²) >= 11 is 0. The third-order valence-electron chi connectivity index (χ3n) is 7.85. The first-order valence-electron chi connectivity index (χ1n) is 15.9. The third kappa shape index (κ3) is 12.8. The molecule has 1 rings (SSSR count). The Bertz CT molecular complexity index is 1250. The maximum absolute atomic E-state index is 13.5. The molecule has 0 aromatic carbocycles. The highest BCUT2D eigenvalue weighted by Crippen LogP contribution is 2.19. The van der Waals surface area contributed by atoms with Crippen molar-refractivity contribution in [2.75, 3.05) is 19.8 Å². The summed E-state index contributed by atoms with van der Waals surface area (Å²) < 4.78 is 0. The van der Waals surface area contributed by atoms with Gasteiger partial charge in [-0.15, -0.1) is 0 Å². The van der Waals surface area contributed by atoms with Crippen LogP contribution in [0.1, 0.15) is 53.4 Å². The van der Waals surface area contributed by atoms with Gasteiger partial charge >= 0.3 is 11.9 Å². The second-order valence-electron chi connectivity index (χ2n) is 12.2. The molecule has 0 unspecified atom stereocenters. The molecule has 13 N–H and O–H groups in total. The molecule has 0 aromatic heterocycles. The smallest absolute Gasteiger partial charge is 0.326 e. The van der Waals surface area contributed by atoms with Crippen LogP contribution in [-0.2, 0) is 38.4 Å². The Morgan fingerprint density at radius 2 is 1.26 bits per heavy atom. The summed E-state index contributed by atoms with van der Waals surface area (Å²) in [6.07, 6.45) is -3.64. The fourth-order valence-electron chi connectivity index (χ4n) is 4.86. The number of carboxylic acids is 2. The molecule has 1 aliphatic heterocycles. The zero-order valence-corrected chi connectivity index (χ0v) is 28.2. The number of nitrogens with zero attached hydrogens (tertiary/aromatic N) is 1. The van der Waals surface area contributed by atoms with Gasteiger partial charge in [-0.05, 0) is 39.0 Å². The van der Waals surface area contributed by atoms with Crippen LogP contribution in [0.3, 0.4) is 0 Å². The molecule has 284 valence electrons. The van der Waals surface area contributed by atoms with Gasteiger partial charge in [-0.2, -0.15) is 0 Å². The van der Waals surface area contributed by atoms with Gasteiger partial charge in [-0.1, -0.05) is 13.8 Å². The van der Waals surface area contributed by atoms with Gasteiger partial charge in [0.2, 0.25) is 35.4 Å². The topological polar surface area (TPSA) is 347 Å². The van der Waals surface area contributed by atoms with Crippen LogP contribution in [0.5, 0.6) is 0 Å². The number of likely N-dealkylation sites (tertiary alicyclic amines) is 1. The van der Waals surface area contributed by atoms with Crippen LogP contribution in [-0.4, -0.2) is 157 Å². The van der Waals surface area contributed by atoms with Gasteiger partial charge in [0.05, 0.1) is 25.4 Å². The van der Waals surface area contributed by atoms with E-state index < -0.39 is 134 Å². The molecule has 0 aliphatic carbocycles. The highest BCUT2D eigenvalue weighted by molar-refractivity contribution is 5.97. The highest BCUT2D eigenvalue weighted by Gasteiger charge is 2.41. The third-order valence-corrected chi connectivity index (χ3v) is 7.85. The molecule has 6 amide bonds. The number of aliphatic hydroxyl groups is 4. The number of aliphatic hydroxyl groups excluding tert-OH is 4. The molecule has 21 heteroatoms. The first-order chi connectivity index (χ1) is 23.3. The summed E-state index contributed by atoms with van der Waals surface area (Å²) in [6, 6.07) is -10.7. The Labute approximate surface area is 287 Å². The van der Waals surface area contributed by atoms with Gasteiger partial charge in [0.1, 0.15) is 42.3 Å². The minimum atomic E-state index is -1.71. The van der Waals surface area contributed by atoms with Crippen LogP contribution >= 0.6 is 0 Å². The van der Waals surface area contributed by atoms with Gasteiger partial charge < -0.3 is 67.9 Å². The summed E-state index contributed by atoms with van der Waals surface area (Å²) in [5, 5.41) is 68.9. The number of carboxylic acid groups (broad SMARTS) is 2. The summed E-state index contributed by atoms with van der Waals surface area (Å²) in [4.78, 5) is 102. The lowest BCUT2D eigenvalue weighted by Crippen LogP contribution is -2.61. The van der Waals surface area contributed by atoms with Crippen molar-refractivity contribution in [3.63, 3.8) is 0 Å². The Kier molecular flexibility index (Phi) is 17.7. The van der Waals surface area contributed by atoms with E-state index in [1.807, 2.05) is 0 Å². The average molecular weight is 720 g/mol. The van der Waals surface area contributed by atoms with E-state index in [0.717, 1.165) is 4.90 Å². The van der Waals surface area contributed by atoms with Crippen molar-refractivity contribution in [1.82, 2.24) is 31.5 Å². The zero-order chi connectivity index (χ0) is 38.5. The lowest BCUT2D eigenvalue weighted by molar-refractivity contribution is -0.145. The number of amides is 6. The number of aliphatic carboxylic acids is 2. The molecule has 0 saturated carbocycles. The van der Waals surface area contributed by atoms with Gasteiger partial charge in [0.15, 0.2) is 0 Å². The van der Waals surface area contributed by atoms with Gasteiger partial charge in [-0.25, -0.2) is 4.79 Å². The number of carbonyl (C=O) groups is 8. The van der Waals surface area contributed by atoms with E-state index >= 15 is 0 Å². The van der Waals surface area contributed by atoms with E-state index in [4.69, 9.17) is 10.8 Å². The Balaban J connectivity index is 3.12. The SMILES string of the molecule is CC(C)[C@H](NC(=O)[C@@H](NC(=O)[C@@H]1CCCN1C(=O)[C@H](CO)NC(=O)[C@H](CCC(=O)O)NC(=O)[C@H](CO)NC(=O)[C@@H](N)[C@@H](C)O)[C@@H](C)O)C(=O)O. The van der Waals surface area contributed by atoms with E-state index in [0.29, 0.717) is 0 Å². The minimum Gasteiger partial charge on any atom is -0.481 e. The van der Waals surface area contributed by atoms with Crippen LogP contribution in [0.15, 0.2) is 0 Å². The second-order valence-corrected chi connectivity index (χ2v) is 12.2. The molecule has 1 aliphatic rings. The monoisotopic (exact) mass is 719 g/mol. The Morgan fingerprint density at radius 3 is 1.74 bits per heavy atom.